The van der Waals surface area contributed by atoms with Crippen molar-refractivity contribution in [2.75, 3.05) is 32.1 Å². The Labute approximate surface area is 113 Å². The molecule has 2 unspecified atom stereocenters. The van der Waals surface area contributed by atoms with Crippen LogP contribution in [0.25, 0.3) is 0 Å². The van der Waals surface area contributed by atoms with Gasteiger partial charge in [-0.3, -0.25) is 0 Å². The van der Waals surface area contributed by atoms with Crippen molar-refractivity contribution in [3.8, 4) is 0 Å². The van der Waals surface area contributed by atoms with Crippen molar-refractivity contribution < 1.29 is 8.78 Å². The second-order valence-electron chi connectivity index (χ2n) is 5.53. The van der Waals surface area contributed by atoms with Crippen LogP contribution in [0.15, 0.2) is 12.1 Å². The molecule has 0 aliphatic carbocycles. The molecule has 0 saturated carbocycles. The lowest BCUT2D eigenvalue weighted by Gasteiger charge is -2.23. The number of hydrogen-bond donors (Lipinski definition) is 1. The molecular weight excluding hydrogens is 248 g/mol. The summed E-state index contributed by atoms with van der Waals surface area (Å²) in [6.07, 6.45) is 0. The molecule has 0 bridgehead atoms. The number of benzene rings is 1. The minimum Gasteiger partial charge on any atom is -0.365 e. The fourth-order valence-electron chi connectivity index (χ4n) is 2.84. The van der Waals surface area contributed by atoms with Gasteiger partial charge in [-0.25, -0.2) is 8.78 Å². The van der Waals surface area contributed by atoms with E-state index in [0.29, 0.717) is 30.6 Å². The Morgan fingerprint density at radius 1 is 1.26 bits per heavy atom. The molecule has 0 aromatic heterocycles. The summed E-state index contributed by atoms with van der Waals surface area (Å²) in [6.45, 7) is 3.56. The highest BCUT2D eigenvalue weighted by molar-refractivity contribution is 5.52. The van der Waals surface area contributed by atoms with Gasteiger partial charge in [-0.1, -0.05) is 6.92 Å². The van der Waals surface area contributed by atoms with Crippen LogP contribution < -0.4 is 10.6 Å². The van der Waals surface area contributed by atoms with Gasteiger partial charge in [0.05, 0.1) is 0 Å². The summed E-state index contributed by atoms with van der Waals surface area (Å²) < 4.78 is 28.1. The van der Waals surface area contributed by atoms with E-state index in [1.54, 1.807) is 4.90 Å². The molecular formula is C14H21F2N3. The number of nitrogens with zero attached hydrogens (tertiary/aromatic N) is 2. The summed E-state index contributed by atoms with van der Waals surface area (Å²) in [6, 6.07) is 2.96. The van der Waals surface area contributed by atoms with E-state index < -0.39 is 11.6 Å². The first-order chi connectivity index (χ1) is 8.93. The fraction of sp³-hybridized carbons (Fsp3) is 0.571. The zero-order valence-corrected chi connectivity index (χ0v) is 11.7. The first-order valence-corrected chi connectivity index (χ1v) is 6.53. The van der Waals surface area contributed by atoms with Crippen LogP contribution in [0.3, 0.4) is 0 Å². The standard InChI is InChI=1S/C14H21F2N3/c1-9-7-19(8-13(9)18(2)3)14-11(15)4-10(6-17)5-12(14)16/h4-5,9,13H,6-8,17H2,1-3H3. The third-order valence-corrected chi connectivity index (χ3v) is 3.86. The molecule has 1 aromatic carbocycles. The van der Waals surface area contributed by atoms with Crippen LogP contribution in [0.5, 0.6) is 0 Å². The Kier molecular flexibility index (Phi) is 4.06. The van der Waals surface area contributed by atoms with Crippen molar-refractivity contribution >= 4 is 5.69 Å². The highest BCUT2D eigenvalue weighted by Crippen LogP contribution is 2.31. The molecule has 1 heterocycles. The molecule has 1 aliphatic rings. The minimum atomic E-state index is -0.521. The number of likely N-dealkylation sites (N-methyl/N-ethyl adjacent to an activating group) is 1. The van der Waals surface area contributed by atoms with E-state index in [4.69, 9.17) is 5.73 Å². The van der Waals surface area contributed by atoms with Gasteiger partial charge in [0.2, 0.25) is 0 Å². The lowest BCUT2D eigenvalue weighted by atomic mass is 10.1. The predicted molar refractivity (Wildman–Crippen MR) is 73.1 cm³/mol. The van der Waals surface area contributed by atoms with E-state index >= 15 is 0 Å². The zero-order valence-electron chi connectivity index (χ0n) is 11.7. The first-order valence-electron chi connectivity index (χ1n) is 6.53. The molecule has 19 heavy (non-hydrogen) atoms. The van der Waals surface area contributed by atoms with Crippen molar-refractivity contribution in [1.29, 1.82) is 0 Å². The summed E-state index contributed by atoms with van der Waals surface area (Å²) in [7, 11) is 3.99. The topological polar surface area (TPSA) is 32.5 Å². The molecule has 2 atom stereocenters. The van der Waals surface area contributed by atoms with Crippen LogP contribution in [0, 0.1) is 17.6 Å². The second-order valence-corrected chi connectivity index (χ2v) is 5.53. The summed E-state index contributed by atoms with van der Waals surface area (Å²) in [5.74, 6) is -0.665. The van der Waals surface area contributed by atoms with E-state index in [1.165, 1.54) is 12.1 Å². The van der Waals surface area contributed by atoms with Gasteiger partial charge in [0.1, 0.15) is 17.3 Å². The van der Waals surface area contributed by atoms with Crippen LogP contribution in [0.2, 0.25) is 0 Å². The van der Waals surface area contributed by atoms with E-state index in [-0.39, 0.29) is 12.2 Å². The molecule has 3 nitrogen and oxygen atoms in total. The van der Waals surface area contributed by atoms with Gasteiger partial charge in [-0.15, -0.1) is 0 Å². The lowest BCUT2D eigenvalue weighted by Crippen LogP contribution is -2.34. The van der Waals surface area contributed by atoms with Crippen molar-refractivity contribution in [3.05, 3.63) is 29.3 Å². The lowest BCUT2D eigenvalue weighted by molar-refractivity contribution is 0.266. The maximum absolute atomic E-state index is 14.1. The zero-order chi connectivity index (χ0) is 14.2. The molecule has 106 valence electrons. The van der Waals surface area contributed by atoms with Crippen LogP contribution in [-0.4, -0.2) is 38.1 Å². The average Bonchev–Trinajstić information content (AvgIpc) is 2.70. The molecule has 5 heteroatoms. The SMILES string of the molecule is CC1CN(c2c(F)cc(CN)cc2F)CC1N(C)C. The highest BCUT2D eigenvalue weighted by Gasteiger charge is 2.33. The quantitative estimate of drug-likeness (QED) is 0.908. The maximum Gasteiger partial charge on any atom is 0.149 e. The number of rotatable bonds is 3. The van der Waals surface area contributed by atoms with Crippen LogP contribution in [-0.2, 0) is 6.54 Å². The van der Waals surface area contributed by atoms with Gasteiger partial charge in [0.25, 0.3) is 0 Å². The molecule has 1 aromatic rings. The summed E-state index contributed by atoms with van der Waals surface area (Å²) >= 11 is 0. The van der Waals surface area contributed by atoms with Crippen LogP contribution >= 0.6 is 0 Å². The summed E-state index contributed by atoms with van der Waals surface area (Å²) in [5, 5.41) is 0. The van der Waals surface area contributed by atoms with Gasteiger partial charge in [0.15, 0.2) is 0 Å². The number of nitrogens with two attached hydrogens (primary N) is 1. The van der Waals surface area contributed by atoms with Gasteiger partial charge < -0.3 is 15.5 Å². The van der Waals surface area contributed by atoms with Crippen molar-refractivity contribution in [2.24, 2.45) is 11.7 Å². The monoisotopic (exact) mass is 269 g/mol. The number of hydrogen-bond acceptors (Lipinski definition) is 3. The molecule has 2 N–H and O–H groups in total. The third kappa shape index (κ3) is 2.72. The van der Waals surface area contributed by atoms with E-state index in [2.05, 4.69) is 11.8 Å². The van der Waals surface area contributed by atoms with E-state index in [1.807, 2.05) is 14.1 Å². The number of halogens is 2. The maximum atomic E-state index is 14.1. The number of anilines is 1. The smallest absolute Gasteiger partial charge is 0.149 e. The molecule has 0 radical (unpaired) electrons. The average molecular weight is 269 g/mol. The molecule has 1 saturated heterocycles. The molecule has 1 aliphatic heterocycles. The third-order valence-electron chi connectivity index (χ3n) is 3.86. The molecule has 0 spiro atoms. The first kappa shape index (κ1) is 14.2. The fourth-order valence-corrected chi connectivity index (χ4v) is 2.84. The Morgan fingerprint density at radius 2 is 1.84 bits per heavy atom. The predicted octanol–water partition coefficient (Wildman–Crippen LogP) is 1.81. The van der Waals surface area contributed by atoms with Crippen molar-refractivity contribution in [1.82, 2.24) is 4.90 Å². The Bertz CT molecular complexity index is 439. The van der Waals surface area contributed by atoms with Gasteiger partial charge in [-0.05, 0) is 37.7 Å². The molecule has 0 amide bonds. The second kappa shape index (κ2) is 5.43. The van der Waals surface area contributed by atoms with E-state index in [9.17, 15) is 8.78 Å². The minimum absolute atomic E-state index is 0.0772. The Hall–Kier alpha value is -1.20. The summed E-state index contributed by atoms with van der Waals surface area (Å²) in [5.41, 5.74) is 5.98. The molecule has 1 fully saturated rings. The van der Waals surface area contributed by atoms with Crippen molar-refractivity contribution in [2.45, 2.75) is 19.5 Å². The van der Waals surface area contributed by atoms with Gasteiger partial charge >= 0.3 is 0 Å². The van der Waals surface area contributed by atoms with E-state index in [0.717, 1.165) is 0 Å². The highest BCUT2D eigenvalue weighted by atomic mass is 19.1. The van der Waals surface area contributed by atoms with Gasteiger partial charge in [0, 0.05) is 25.7 Å². The normalized spacial score (nSPS) is 23.4. The Balaban J connectivity index is 2.29. The van der Waals surface area contributed by atoms with Gasteiger partial charge in [-0.2, -0.15) is 0 Å². The largest absolute Gasteiger partial charge is 0.365 e. The molecule has 2 rings (SSSR count). The van der Waals surface area contributed by atoms with Crippen molar-refractivity contribution in [3.63, 3.8) is 0 Å². The van der Waals surface area contributed by atoms with Crippen LogP contribution in [0.1, 0.15) is 12.5 Å². The summed E-state index contributed by atoms with van der Waals surface area (Å²) in [4.78, 5) is 3.90. The Morgan fingerprint density at radius 3 is 2.26 bits per heavy atom. The van der Waals surface area contributed by atoms with Crippen LogP contribution in [0.4, 0.5) is 14.5 Å².